The number of aromatic amines is 1. The first-order valence-electron chi connectivity index (χ1n) is 7.12. The molecular formula is C13H18N6OS. The molecule has 1 aliphatic rings. The highest BCUT2D eigenvalue weighted by Gasteiger charge is 2.24. The minimum atomic E-state index is 0.0332. The van der Waals surface area contributed by atoms with E-state index in [0.29, 0.717) is 18.8 Å². The van der Waals surface area contributed by atoms with Crippen LogP contribution in [0.1, 0.15) is 28.8 Å². The van der Waals surface area contributed by atoms with Crippen molar-refractivity contribution < 1.29 is 4.79 Å². The number of carbonyl (C=O) groups excluding carboxylic acids is 1. The summed E-state index contributed by atoms with van der Waals surface area (Å²) in [4.78, 5) is 24.9. The van der Waals surface area contributed by atoms with E-state index in [-0.39, 0.29) is 5.91 Å². The average molecular weight is 306 g/mol. The van der Waals surface area contributed by atoms with E-state index in [1.807, 2.05) is 10.3 Å². The number of thiazole rings is 1. The summed E-state index contributed by atoms with van der Waals surface area (Å²) in [6.45, 7) is 4.99. The molecule has 1 amide bonds. The van der Waals surface area contributed by atoms with E-state index in [4.69, 9.17) is 0 Å². The van der Waals surface area contributed by atoms with Crippen LogP contribution in [0.2, 0.25) is 0 Å². The van der Waals surface area contributed by atoms with Crippen molar-refractivity contribution in [3.05, 3.63) is 22.4 Å². The quantitative estimate of drug-likeness (QED) is 0.917. The van der Waals surface area contributed by atoms with E-state index < -0.39 is 0 Å². The minimum absolute atomic E-state index is 0.0332. The molecule has 3 rings (SSSR count). The fourth-order valence-electron chi connectivity index (χ4n) is 2.37. The number of amides is 1. The summed E-state index contributed by atoms with van der Waals surface area (Å²) in [7, 11) is 0. The predicted molar refractivity (Wildman–Crippen MR) is 80.6 cm³/mol. The molecule has 1 aliphatic heterocycles. The molecule has 8 heteroatoms. The summed E-state index contributed by atoms with van der Waals surface area (Å²) in [5.74, 6) is 0.798. The molecular weight excluding hydrogens is 288 g/mol. The molecule has 0 bridgehead atoms. The number of aromatic nitrogens is 4. The number of rotatable bonds is 4. The zero-order valence-corrected chi connectivity index (χ0v) is 12.8. The molecule has 0 aromatic carbocycles. The van der Waals surface area contributed by atoms with Crippen LogP contribution in [-0.2, 0) is 6.42 Å². The van der Waals surface area contributed by atoms with Crippen LogP contribution in [0.15, 0.2) is 11.7 Å². The van der Waals surface area contributed by atoms with Gasteiger partial charge in [-0.1, -0.05) is 6.92 Å². The fourth-order valence-corrected chi connectivity index (χ4v) is 3.25. The number of hydrogen-bond acceptors (Lipinski definition) is 6. The lowest BCUT2D eigenvalue weighted by molar-refractivity contribution is 0.0741. The Hall–Kier alpha value is -1.96. The first-order valence-corrected chi connectivity index (χ1v) is 8.00. The number of hydrogen-bond donors (Lipinski definition) is 1. The van der Waals surface area contributed by atoms with Crippen molar-refractivity contribution in [2.24, 2.45) is 0 Å². The zero-order valence-electron chi connectivity index (χ0n) is 11.9. The standard InChI is InChI=1S/C13H18N6OS/c1-2-3-11-16-10(8-21-11)12(20)18-4-6-19(7-5-18)13-14-9-15-17-13/h8-9H,2-7H2,1H3,(H,14,15,17). The van der Waals surface area contributed by atoms with E-state index in [1.165, 1.54) is 6.33 Å². The number of anilines is 1. The molecule has 7 nitrogen and oxygen atoms in total. The summed E-state index contributed by atoms with van der Waals surface area (Å²) in [5, 5.41) is 9.62. The topological polar surface area (TPSA) is 78.0 Å². The first-order chi connectivity index (χ1) is 10.3. The molecule has 2 aromatic rings. The summed E-state index contributed by atoms with van der Waals surface area (Å²) in [6.07, 6.45) is 3.49. The van der Waals surface area contributed by atoms with Crippen molar-refractivity contribution in [3.63, 3.8) is 0 Å². The van der Waals surface area contributed by atoms with Crippen LogP contribution in [0.5, 0.6) is 0 Å². The smallest absolute Gasteiger partial charge is 0.273 e. The van der Waals surface area contributed by atoms with Crippen molar-refractivity contribution in [2.45, 2.75) is 19.8 Å². The predicted octanol–water partition coefficient (Wildman–Crippen LogP) is 1.18. The monoisotopic (exact) mass is 306 g/mol. The van der Waals surface area contributed by atoms with Gasteiger partial charge in [0.25, 0.3) is 5.91 Å². The molecule has 0 saturated carbocycles. The van der Waals surface area contributed by atoms with Crippen molar-refractivity contribution in [1.29, 1.82) is 0 Å². The number of piperazine rings is 1. The fraction of sp³-hybridized carbons (Fsp3) is 0.538. The molecule has 0 unspecified atom stereocenters. The molecule has 21 heavy (non-hydrogen) atoms. The van der Waals surface area contributed by atoms with Crippen LogP contribution in [0, 0.1) is 0 Å². The van der Waals surface area contributed by atoms with Crippen molar-refractivity contribution in [1.82, 2.24) is 25.1 Å². The van der Waals surface area contributed by atoms with Crippen LogP contribution in [0.4, 0.5) is 5.95 Å². The Morgan fingerprint density at radius 2 is 2.19 bits per heavy atom. The Morgan fingerprint density at radius 3 is 2.86 bits per heavy atom. The van der Waals surface area contributed by atoms with Gasteiger partial charge in [0.1, 0.15) is 12.0 Å². The van der Waals surface area contributed by atoms with Crippen LogP contribution in [0.25, 0.3) is 0 Å². The third-order valence-corrected chi connectivity index (χ3v) is 4.41. The summed E-state index contributed by atoms with van der Waals surface area (Å²) < 4.78 is 0. The third kappa shape index (κ3) is 3.05. The second kappa shape index (κ2) is 6.21. The van der Waals surface area contributed by atoms with Gasteiger partial charge in [-0.3, -0.25) is 4.79 Å². The zero-order chi connectivity index (χ0) is 14.7. The molecule has 112 valence electrons. The normalized spacial score (nSPS) is 15.5. The van der Waals surface area contributed by atoms with Crippen LogP contribution in [-0.4, -0.2) is 57.2 Å². The number of H-pyrrole nitrogens is 1. The van der Waals surface area contributed by atoms with Gasteiger partial charge in [-0.05, 0) is 12.8 Å². The van der Waals surface area contributed by atoms with Crippen molar-refractivity contribution in [2.75, 3.05) is 31.1 Å². The summed E-state index contributed by atoms with van der Waals surface area (Å²) >= 11 is 1.57. The third-order valence-electron chi connectivity index (χ3n) is 3.50. The van der Waals surface area contributed by atoms with Gasteiger partial charge < -0.3 is 9.80 Å². The molecule has 1 fully saturated rings. The molecule has 2 aromatic heterocycles. The molecule has 0 radical (unpaired) electrons. The Morgan fingerprint density at radius 1 is 1.38 bits per heavy atom. The van der Waals surface area contributed by atoms with E-state index >= 15 is 0 Å². The van der Waals surface area contributed by atoms with E-state index in [2.05, 4.69) is 32.0 Å². The largest absolute Gasteiger partial charge is 0.338 e. The Balaban J connectivity index is 1.59. The van der Waals surface area contributed by atoms with Gasteiger partial charge in [-0.15, -0.1) is 11.3 Å². The number of aryl methyl sites for hydroxylation is 1. The van der Waals surface area contributed by atoms with Crippen LogP contribution < -0.4 is 4.90 Å². The van der Waals surface area contributed by atoms with Crippen LogP contribution >= 0.6 is 11.3 Å². The summed E-state index contributed by atoms with van der Waals surface area (Å²) in [5.41, 5.74) is 0.580. The van der Waals surface area contributed by atoms with Gasteiger partial charge >= 0.3 is 0 Å². The van der Waals surface area contributed by atoms with Gasteiger partial charge in [0.05, 0.1) is 5.01 Å². The lowest BCUT2D eigenvalue weighted by Crippen LogP contribution is -2.49. The molecule has 1 saturated heterocycles. The second-order valence-electron chi connectivity index (χ2n) is 4.96. The highest BCUT2D eigenvalue weighted by molar-refractivity contribution is 7.09. The van der Waals surface area contributed by atoms with E-state index in [1.54, 1.807) is 11.3 Å². The highest BCUT2D eigenvalue weighted by atomic mass is 32.1. The van der Waals surface area contributed by atoms with Gasteiger partial charge in [0.2, 0.25) is 5.95 Å². The van der Waals surface area contributed by atoms with Gasteiger partial charge in [-0.25, -0.2) is 10.1 Å². The van der Waals surface area contributed by atoms with Gasteiger partial charge in [0, 0.05) is 31.6 Å². The van der Waals surface area contributed by atoms with Crippen molar-refractivity contribution in [3.8, 4) is 0 Å². The first kappa shape index (κ1) is 14.0. The summed E-state index contributed by atoms with van der Waals surface area (Å²) in [6, 6.07) is 0. The lowest BCUT2D eigenvalue weighted by Gasteiger charge is -2.33. The Bertz CT molecular complexity index is 588. The minimum Gasteiger partial charge on any atom is -0.338 e. The number of nitrogens with zero attached hydrogens (tertiary/aromatic N) is 5. The number of carbonyl (C=O) groups is 1. The Kier molecular flexibility index (Phi) is 4.14. The molecule has 3 heterocycles. The van der Waals surface area contributed by atoms with Gasteiger partial charge in [0.15, 0.2) is 0 Å². The SMILES string of the molecule is CCCc1nc(C(=O)N2CCN(c3ncn[nH]3)CC2)cs1. The lowest BCUT2D eigenvalue weighted by atomic mass is 10.3. The van der Waals surface area contributed by atoms with Crippen LogP contribution in [0.3, 0.4) is 0 Å². The highest BCUT2D eigenvalue weighted by Crippen LogP contribution is 2.16. The maximum absolute atomic E-state index is 12.4. The maximum Gasteiger partial charge on any atom is 0.273 e. The molecule has 0 aliphatic carbocycles. The molecule has 1 N–H and O–H groups in total. The molecule has 0 atom stereocenters. The molecule has 0 spiro atoms. The van der Waals surface area contributed by atoms with Gasteiger partial charge in [-0.2, -0.15) is 10.1 Å². The van der Waals surface area contributed by atoms with E-state index in [9.17, 15) is 4.79 Å². The second-order valence-corrected chi connectivity index (χ2v) is 5.91. The van der Waals surface area contributed by atoms with Crippen molar-refractivity contribution >= 4 is 23.2 Å². The van der Waals surface area contributed by atoms with E-state index in [0.717, 1.165) is 36.9 Å². The Labute approximate surface area is 127 Å². The number of nitrogens with one attached hydrogen (secondary N) is 1. The average Bonchev–Trinajstić information content (AvgIpc) is 3.19. The maximum atomic E-state index is 12.4.